The summed E-state index contributed by atoms with van der Waals surface area (Å²) >= 11 is 0. The van der Waals surface area contributed by atoms with Gasteiger partial charge in [-0.15, -0.1) is 0 Å². The van der Waals surface area contributed by atoms with Gasteiger partial charge in [0.2, 0.25) is 0 Å². The highest BCUT2D eigenvalue weighted by Gasteiger charge is 2.57. The number of ether oxygens (including phenoxy) is 2. The van der Waals surface area contributed by atoms with Crippen LogP contribution in [0.1, 0.15) is 26.7 Å². The number of piperidine rings is 3. The third-order valence-electron chi connectivity index (χ3n) is 4.32. The zero-order valence-electron chi connectivity index (χ0n) is 12.1. The van der Waals surface area contributed by atoms with Gasteiger partial charge in [-0.05, 0) is 45.7 Å². The van der Waals surface area contributed by atoms with Gasteiger partial charge in [0, 0.05) is 6.54 Å². The molecule has 3 aliphatic heterocycles. The lowest BCUT2D eigenvalue weighted by atomic mass is 9.68. The van der Waals surface area contributed by atoms with E-state index in [1.54, 1.807) is 13.8 Å². The highest BCUT2D eigenvalue weighted by atomic mass is 16.6. The number of hydrogen-bond acceptors (Lipinski definition) is 6. The molecule has 6 nitrogen and oxygen atoms in total. The third-order valence-corrected chi connectivity index (χ3v) is 4.32. The largest absolute Gasteiger partial charge is 0.465 e. The van der Waals surface area contributed by atoms with E-state index in [1.807, 2.05) is 0 Å². The van der Waals surface area contributed by atoms with E-state index in [9.17, 15) is 14.7 Å². The molecule has 0 aromatic carbocycles. The molecule has 20 heavy (non-hydrogen) atoms. The fourth-order valence-corrected chi connectivity index (χ4v) is 3.36. The molecule has 1 atom stereocenters. The molecule has 114 valence electrons. The second-order valence-corrected chi connectivity index (χ2v) is 5.48. The van der Waals surface area contributed by atoms with Crippen LogP contribution < -0.4 is 0 Å². The molecule has 0 aromatic rings. The minimum absolute atomic E-state index is 0.0497. The molecular formula is C14H23NO5. The summed E-state index contributed by atoms with van der Waals surface area (Å²) < 4.78 is 9.96. The molecule has 1 unspecified atom stereocenters. The van der Waals surface area contributed by atoms with E-state index >= 15 is 0 Å². The number of hydrogen-bond donors (Lipinski definition) is 1. The molecule has 3 rings (SSSR count). The van der Waals surface area contributed by atoms with Crippen molar-refractivity contribution in [2.24, 2.45) is 11.8 Å². The molecule has 3 heterocycles. The first-order chi connectivity index (χ1) is 9.52. The van der Waals surface area contributed by atoms with Crippen LogP contribution in [0.25, 0.3) is 0 Å². The summed E-state index contributed by atoms with van der Waals surface area (Å²) in [7, 11) is 0. The molecule has 3 aliphatic rings. The van der Waals surface area contributed by atoms with Crippen molar-refractivity contribution in [1.82, 2.24) is 4.90 Å². The SMILES string of the molecule is CCOC(=O)C(C(=O)OCC)C1(O)CN2CCC1CC2. The van der Waals surface area contributed by atoms with E-state index in [4.69, 9.17) is 9.47 Å². The van der Waals surface area contributed by atoms with Gasteiger partial charge in [-0.1, -0.05) is 0 Å². The average molecular weight is 285 g/mol. The number of esters is 2. The minimum Gasteiger partial charge on any atom is -0.465 e. The van der Waals surface area contributed by atoms with Gasteiger partial charge < -0.3 is 19.5 Å². The summed E-state index contributed by atoms with van der Waals surface area (Å²) in [6.45, 7) is 5.87. The number of carbonyl (C=O) groups excluding carboxylic acids is 2. The Balaban J connectivity index is 2.25. The molecule has 1 N–H and O–H groups in total. The van der Waals surface area contributed by atoms with Gasteiger partial charge in [0.1, 0.15) is 5.60 Å². The number of nitrogens with zero attached hydrogens (tertiary/aromatic N) is 1. The Kier molecular flexibility index (Phi) is 4.65. The lowest BCUT2D eigenvalue weighted by Gasteiger charge is -2.51. The molecule has 0 aromatic heterocycles. The number of fused-ring (bicyclic) bond motifs is 3. The molecule has 6 heteroatoms. The van der Waals surface area contributed by atoms with Crippen molar-refractivity contribution in [3.63, 3.8) is 0 Å². The second-order valence-electron chi connectivity index (χ2n) is 5.48. The van der Waals surface area contributed by atoms with Crippen LogP contribution in [0.5, 0.6) is 0 Å². The van der Waals surface area contributed by atoms with Crippen LogP contribution >= 0.6 is 0 Å². The summed E-state index contributed by atoms with van der Waals surface area (Å²) in [5.41, 5.74) is -1.37. The van der Waals surface area contributed by atoms with Crippen LogP contribution in [-0.4, -0.2) is 60.4 Å². The molecule has 3 saturated heterocycles. The Hall–Kier alpha value is -1.14. The van der Waals surface area contributed by atoms with Gasteiger partial charge in [-0.3, -0.25) is 9.59 Å². The molecule has 0 radical (unpaired) electrons. The van der Waals surface area contributed by atoms with Crippen LogP contribution in [0.15, 0.2) is 0 Å². The molecule has 0 amide bonds. The van der Waals surface area contributed by atoms with Crippen LogP contribution in [0, 0.1) is 11.8 Å². The van der Waals surface area contributed by atoms with E-state index in [0.717, 1.165) is 25.9 Å². The average Bonchev–Trinajstić information content (AvgIpc) is 2.40. The normalized spacial score (nSPS) is 32.2. The Morgan fingerprint density at radius 2 is 1.70 bits per heavy atom. The van der Waals surface area contributed by atoms with Crippen molar-refractivity contribution in [2.75, 3.05) is 32.8 Å². The van der Waals surface area contributed by atoms with Gasteiger partial charge in [-0.2, -0.15) is 0 Å². The number of aliphatic hydroxyl groups is 1. The molecule has 0 spiro atoms. The molecule has 0 saturated carbocycles. The highest BCUT2D eigenvalue weighted by molar-refractivity contribution is 5.96. The number of carbonyl (C=O) groups is 2. The predicted octanol–water partition coefficient (Wildman–Crippen LogP) is 0.185. The van der Waals surface area contributed by atoms with Gasteiger partial charge in [0.15, 0.2) is 5.92 Å². The van der Waals surface area contributed by atoms with E-state index < -0.39 is 23.5 Å². The van der Waals surface area contributed by atoms with Crippen LogP contribution in [-0.2, 0) is 19.1 Å². The molecule has 0 aliphatic carbocycles. The van der Waals surface area contributed by atoms with Crippen LogP contribution in [0.3, 0.4) is 0 Å². The monoisotopic (exact) mass is 285 g/mol. The summed E-state index contributed by atoms with van der Waals surface area (Å²) in [5, 5.41) is 11.0. The Labute approximate surface area is 119 Å². The first kappa shape index (κ1) is 15.3. The third kappa shape index (κ3) is 2.67. The molecular weight excluding hydrogens is 262 g/mol. The zero-order chi connectivity index (χ0) is 14.8. The quantitative estimate of drug-likeness (QED) is 0.574. The van der Waals surface area contributed by atoms with Crippen molar-refractivity contribution in [2.45, 2.75) is 32.3 Å². The highest BCUT2D eigenvalue weighted by Crippen LogP contribution is 2.41. The van der Waals surface area contributed by atoms with Crippen molar-refractivity contribution in [3.05, 3.63) is 0 Å². The van der Waals surface area contributed by atoms with Crippen LogP contribution in [0.2, 0.25) is 0 Å². The van der Waals surface area contributed by atoms with Crippen molar-refractivity contribution in [1.29, 1.82) is 0 Å². The van der Waals surface area contributed by atoms with E-state index in [2.05, 4.69) is 4.90 Å². The van der Waals surface area contributed by atoms with Gasteiger partial charge in [0.05, 0.1) is 13.2 Å². The second kappa shape index (κ2) is 6.10. The minimum atomic E-state index is -1.37. The summed E-state index contributed by atoms with van der Waals surface area (Å²) in [4.78, 5) is 26.4. The van der Waals surface area contributed by atoms with Crippen molar-refractivity contribution in [3.8, 4) is 0 Å². The lowest BCUT2D eigenvalue weighted by molar-refractivity contribution is -0.193. The molecule has 3 fully saturated rings. The van der Waals surface area contributed by atoms with Gasteiger partial charge in [0.25, 0.3) is 0 Å². The van der Waals surface area contributed by atoms with E-state index in [0.29, 0.717) is 6.54 Å². The maximum absolute atomic E-state index is 12.1. The van der Waals surface area contributed by atoms with E-state index in [-0.39, 0.29) is 19.1 Å². The summed E-state index contributed by atoms with van der Waals surface area (Å²) in [5.74, 6) is -2.65. The first-order valence-corrected chi connectivity index (χ1v) is 7.31. The molecule has 2 bridgehead atoms. The van der Waals surface area contributed by atoms with Crippen molar-refractivity contribution < 1.29 is 24.2 Å². The van der Waals surface area contributed by atoms with Crippen LogP contribution in [0.4, 0.5) is 0 Å². The number of rotatable bonds is 5. The lowest BCUT2D eigenvalue weighted by Crippen LogP contribution is -2.65. The topological polar surface area (TPSA) is 76.1 Å². The fraction of sp³-hybridized carbons (Fsp3) is 0.857. The predicted molar refractivity (Wildman–Crippen MR) is 70.9 cm³/mol. The van der Waals surface area contributed by atoms with Crippen molar-refractivity contribution >= 4 is 11.9 Å². The smallest absolute Gasteiger partial charge is 0.323 e. The maximum Gasteiger partial charge on any atom is 0.323 e. The zero-order valence-corrected chi connectivity index (χ0v) is 12.1. The Morgan fingerprint density at radius 1 is 1.20 bits per heavy atom. The Morgan fingerprint density at radius 3 is 2.05 bits per heavy atom. The summed E-state index contributed by atoms with van der Waals surface area (Å²) in [6.07, 6.45) is 1.59. The van der Waals surface area contributed by atoms with Gasteiger partial charge in [-0.25, -0.2) is 0 Å². The van der Waals surface area contributed by atoms with Gasteiger partial charge >= 0.3 is 11.9 Å². The standard InChI is InChI=1S/C14H23NO5/c1-3-19-12(16)11(13(17)20-4-2)14(18)9-15-7-5-10(14)6-8-15/h10-11,18H,3-9H2,1-2H3. The first-order valence-electron chi connectivity index (χ1n) is 7.31. The maximum atomic E-state index is 12.1. The fourth-order valence-electron chi connectivity index (χ4n) is 3.36. The van der Waals surface area contributed by atoms with E-state index in [1.165, 1.54) is 0 Å². The summed E-state index contributed by atoms with van der Waals surface area (Å²) in [6, 6.07) is 0. The Bertz CT molecular complexity index is 360.